The van der Waals surface area contributed by atoms with Crippen LogP contribution in [0.4, 0.5) is 0 Å². The van der Waals surface area contributed by atoms with Gasteiger partial charge in [-0.3, -0.25) is 14.7 Å². The Labute approximate surface area is 161 Å². The van der Waals surface area contributed by atoms with Crippen molar-refractivity contribution in [3.05, 3.63) is 47.3 Å². The third-order valence-corrected chi connectivity index (χ3v) is 6.23. The molecule has 6 heteroatoms. The average Bonchev–Trinajstić information content (AvgIpc) is 3.20. The molecule has 2 aromatic heterocycles. The summed E-state index contributed by atoms with van der Waals surface area (Å²) in [6, 6.07) is 4.31. The first kappa shape index (κ1) is 18.2. The highest BCUT2D eigenvalue weighted by molar-refractivity contribution is 5.77. The number of fused-ring (bicyclic) bond motifs is 2. The molecule has 2 aliphatic rings. The van der Waals surface area contributed by atoms with Crippen LogP contribution in [0.1, 0.15) is 55.8 Å². The van der Waals surface area contributed by atoms with E-state index in [1.165, 1.54) is 11.3 Å². The third-order valence-electron chi connectivity index (χ3n) is 6.23. The van der Waals surface area contributed by atoms with Gasteiger partial charge in [-0.2, -0.15) is 0 Å². The molecule has 144 valence electrons. The van der Waals surface area contributed by atoms with Crippen LogP contribution in [0.5, 0.6) is 0 Å². The number of amides is 1. The van der Waals surface area contributed by atoms with Crippen LogP contribution in [0, 0.1) is 0 Å². The topological polar surface area (TPSA) is 65.1 Å². The summed E-state index contributed by atoms with van der Waals surface area (Å²) in [4.78, 5) is 29.8. The van der Waals surface area contributed by atoms with Crippen molar-refractivity contribution in [2.75, 3.05) is 19.6 Å². The number of pyridine rings is 1. The Morgan fingerprint density at radius 3 is 2.67 bits per heavy atom. The molecule has 0 atom stereocenters. The number of likely N-dealkylation sites (tertiary alicyclic amines) is 1. The summed E-state index contributed by atoms with van der Waals surface area (Å²) in [5.74, 6) is 0.244. The monoisotopic (exact) mass is 367 g/mol. The molecule has 0 radical (unpaired) electrons. The van der Waals surface area contributed by atoms with Crippen molar-refractivity contribution in [3.63, 3.8) is 0 Å². The first-order valence-corrected chi connectivity index (χ1v) is 10.2. The number of nitrogens with one attached hydrogen (secondary N) is 1. The highest BCUT2D eigenvalue weighted by Gasteiger charge is 2.48. The fourth-order valence-electron chi connectivity index (χ4n) is 4.61. The van der Waals surface area contributed by atoms with E-state index in [0.717, 1.165) is 63.3 Å². The van der Waals surface area contributed by atoms with E-state index in [4.69, 9.17) is 0 Å². The van der Waals surface area contributed by atoms with E-state index in [-0.39, 0.29) is 11.4 Å². The minimum atomic E-state index is -0.239. The minimum Gasteiger partial charge on any atom is -0.348 e. The van der Waals surface area contributed by atoms with E-state index in [9.17, 15) is 4.79 Å². The van der Waals surface area contributed by atoms with Gasteiger partial charge >= 0.3 is 0 Å². The van der Waals surface area contributed by atoms with Gasteiger partial charge in [0.2, 0.25) is 5.91 Å². The molecule has 1 N–H and O–H groups in total. The number of aromatic nitrogens is 3. The number of imidazole rings is 1. The quantitative estimate of drug-likeness (QED) is 0.902. The van der Waals surface area contributed by atoms with Gasteiger partial charge in [-0.15, -0.1) is 0 Å². The maximum Gasteiger partial charge on any atom is 0.223 e. The zero-order valence-corrected chi connectivity index (χ0v) is 16.4. The smallest absolute Gasteiger partial charge is 0.223 e. The number of aryl methyl sites for hydroxylation is 1. The summed E-state index contributed by atoms with van der Waals surface area (Å²) in [6.07, 6.45) is 8.09. The van der Waals surface area contributed by atoms with Crippen LogP contribution in [0.2, 0.25) is 0 Å². The summed E-state index contributed by atoms with van der Waals surface area (Å²) < 4.78 is 0. The van der Waals surface area contributed by atoms with Gasteiger partial charge in [-0.25, -0.2) is 4.98 Å². The van der Waals surface area contributed by atoms with E-state index >= 15 is 0 Å². The van der Waals surface area contributed by atoms with E-state index in [2.05, 4.69) is 43.8 Å². The first-order chi connectivity index (χ1) is 13.2. The summed E-state index contributed by atoms with van der Waals surface area (Å²) in [6.45, 7) is 7.68. The van der Waals surface area contributed by atoms with Crippen LogP contribution in [0.3, 0.4) is 0 Å². The van der Waals surface area contributed by atoms with Crippen molar-refractivity contribution < 1.29 is 4.79 Å². The van der Waals surface area contributed by atoms with Crippen LogP contribution < -0.4 is 0 Å². The largest absolute Gasteiger partial charge is 0.348 e. The Balaban J connectivity index is 1.50. The molecule has 0 aromatic carbocycles. The minimum absolute atomic E-state index is 0.239. The third kappa shape index (κ3) is 3.27. The van der Waals surface area contributed by atoms with E-state index in [1.54, 1.807) is 6.33 Å². The van der Waals surface area contributed by atoms with Gasteiger partial charge < -0.3 is 9.88 Å². The van der Waals surface area contributed by atoms with Crippen molar-refractivity contribution >= 4 is 5.91 Å². The second-order valence-corrected chi connectivity index (χ2v) is 7.70. The van der Waals surface area contributed by atoms with E-state index in [0.29, 0.717) is 6.42 Å². The second kappa shape index (κ2) is 7.43. The highest BCUT2D eigenvalue weighted by atomic mass is 16.2. The number of hydrogen-bond acceptors (Lipinski definition) is 4. The molecule has 6 nitrogen and oxygen atoms in total. The molecule has 1 amide bonds. The molecule has 1 fully saturated rings. The average molecular weight is 367 g/mol. The summed E-state index contributed by atoms with van der Waals surface area (Å²) in [7, 11) is 0. The van der Waals surface area contributed by atoms with Crippen LogP contribution >= 0.6 is 0 Å². The lowest BCUT2D eigenvalue weighted by atomic mass is 9.78. The van der Waals surface area contributed by atoms with Crippen molar-refractivity contribution in [2.45, 2.75) is 58.0 Å². The Morgan fingerprint density at radius 2 is 2.00 bits per heavy atom. The molecule has 1 saturated heterocycles. The fraction of sp³-hybridized carbons (Fsp3) is 0.571. The van der Waals surface area contributed by atoms with Crippen molar-refractivity contribution in [3.8, 4) is 0 Å². The predicted octanol–water partition coefficient (Wildman–Crippen LogP) is 2.65. The number of nitrogens with zero attached hydrogens (tertiary/aromatic N) is 4. The normalized spacial score (nSPS) is 19.3. The molecule has 0 saturated carbocycles. The number of carbonyl (C=O) groups is 1. The summed E-state index contributed by atoms with van der Waals surface area (Å²) in [5, 5.41) is 0. The molecule has 2 aliphatic heterocycles. The molecular formula is C21H29N5O. The van der Waals surface area contributed by atoms with Crippen LogP contribution in [-0.2, 0) is 29.7 Å². The number of H-pyrrole nitrogens is 1. The summed E-state index contributed by atoms with van der Waals surface area (Å²) >= 11 is 0. The van der Waals surface area contributed by atoms with Crippen LogP contribution in [-0.4, -0.2) is 50.3 Å². The maximum absolute atomic E-state index is 12.7. The molecular weight excluding hydrogens is 338 g/mol. The zero-order valence-electron chi connectivity index (χ0n) is 16.4. The molecule has 2 aromatic rings. The van der Waals surface area contributed by atoms with Gasteiger partial charge in [0.25, 0.3) is 0 Å². The number of rotatable bonds is 4. The Morgan fingerprint density at radius 1 is 1.19 bits per heavy atom. The fourth-order valence-corrected chi connectivity index (χ4v) is 4.61. The predicted molar refractivity (Wildman–Crippen MR) is 104 cm³/mol. The van der Waals surface area contributed by atoms with Gasteiger partial charge in [0, 0.05) is 50.9 Å². The Bertz CT molecular complexity index is 789. The molecule has 0 unspecified atom stereocenters. The molecule has 1 spiro atoms. The molecule has 0 aliphatic carbocycles. The van der Waals surface area contributed by atoms with Gasteiger partial charge in [0.15, 0.2) is 0 Å². The van der Waals surface area contributed by atoms with E-state index in [1.807, 2.05) is 13.1 Å². The van der Waals surface area contributed by atoms with Crippen molar-refractivity contribution in [1.82, 2.24) is 24.8 Å². The number of carbonyl (C=O) groups excluding carboxylic acids is 1. The first-order valence-electron chi connectivity index (χ1n) is 10.2. The lowest BCUT2D eigenvalue weighted by Crippen LogP contribution is -2.58. The lowest BCUT2D eigenvalue weighted by Gasteiger charge is -2.50. The number of piperidine rings is 1. The maximum atomic E-state index is 12.7. The van der Waals surface area contributed by atoms with Crippen LogP contribution in [0.15, 0.2) is 24.7 Å². The Kier molecular flexibility index (Phi) is 5.00. The molecule has 27 heavy (non-hydrogen) atoms. The second-order valence-electron chi connectivity index (χ2n) is 7.70. The van der Waals surface area contributed by atoms with Gasteiger partial charge in [0.05, 0.1) is 23.3 Å². The van der Waals surface area contributed by atoms with E-state index < -0.39 is 0 Å². The zero-order chi connectivity index (χ0) is 18.9. The Hall–Kier alpha value is -2.21. The van der Waals surface area contributed by atoms with Gasteiger partial charge in [0.1, 0.15) is 0 Å². The van der Waals surface area contributed by atoms with Crippen molar-refractivity contribution in [2.24, 2.45) is 0 Å². The number of aromatic amines is 1. The van der Waals surface area contributed by atoms with Crippen LogP contribution in [0.25, 0.3) is 0 Å². The lowest BCUT2D eigenvalue weighted by molar-refractivity contribution is -0.141. The standard InChI is InChI=1S/C21H29N5O/c1-3-16-5-6-17(22-13-16)14-25-11-8-21(9-12-25)20-18(23-15-24-20)7-10-26(21)19(27)4-2/h5-6,13,15H,3-4,7-12,14H2,1-2H3,(H,23,24). The molecule has 4 heterocycles. The SMILES string of the molecule is CCC(=O)N1CCc2[nH]cnc2C12CCN(Cc1ccc(CC)cn1)CC2. The molecule has 0 bridgehead atoms. The summed E-state index contributed by atoms with van der Waals surface area (Å²) in [5.41, 5.74) is 4.46. The molecule has 4 rings (SSSR count). The van der Waals surface area contributed by atoms with Gasteiger partial charge in [-0.05, 0) is 30.9 Å². The van der Waals surface area contributed by atoms with Crippen molar-refractivity contribution in [1.29, 1.82) is 0 Å². The highest BCUT2D eigenvalue weighted by Crippen LogP contribution is 2.42. The van der Waals surface area contributed by atoms with Gasteiger partial charge in [-0.1, -0.05) is 19.9 Å². The number of hydrogen-bond donors (Lipinski definition) is 1.